The van der Waals surface area contributed by atoms with E-state index < -0.39 is 0 Å². The van der Waals surface area contributed by atoms with Crippen LogP contribution in [0.25, 0.3) is 0 Å². The fourth-order valence-corrected chi connectivity index (χ4v) is 2.28. The van der Waals surface area contributed by atoms with E-state index in [0.717, 1.165) is 25.2 Å². The zero-order valence-corrected chi connectivity index (χ0v) is 11.1. The molecule has 0 radical (unpaired) electrons. The highest BCUT2D eigenvalue weighted by Gasteiger charge is 2.22. The highest BCUT2D eigenvalue weighted by Crippen LogP contribution is 2.02. The van der Waals surface area contributed by atoms with Crippen LogP contribution in [-0.2, 0) is 11.3 Å². The average Bonchev–Trinajstić information content (AvgIpc) is 2.47. The maximum Gasteiger partial charge on any atom is 0.234 e. The molecule has 1 amide bonds. The first kappa shape index (κ1) is 14.0. The van der Waals surface area contributed by atoms with Crippen LogP contribution in [0.15, 0.2) is 30.3 Å². The standard InChI is InChI=1S/C14H22N4O/c15-8-13-10-16-6-7-18(13)11-14(19)17-9-12-4-2-1-3-5-12/h1-5,13,16H,6-11,15H2,(H,17,19). The van der Waals surface area contributed by atoms with Gasteiger partial charge >= 0.3 is 0 Å². The summed E-state index contributed by atoms with van der Waals surface area (Å²) in [6.45, 7) is 4.25. The Bertz CT molecular complexity index is 396. The van der Waals surface area contributed by atoms with Gasteiger partial charge in [-0.15, -0.1) is 0 Å². The highest BCUT2D eigenvalue weighted by molar-refractivity contribution is 5.78. The number of amides is 1. The normalized spacial score (nSPS) is 20.2. The molecule has 0 bridgehead atoms. The van der Waals surface area contributed by atoms with Gasteiger partial charge < -0.3 is 16.4 Å². The third kappa shape index (κ3) is 4.31. The van der Waals surface area contributed by atoms with Crippen molar-refractivity contribution in [1.82, 2.24) is 15.5 Å². The van der Waals surface area contributed by atoms with E-state index in [9.17, 15) is 4.79 Å². The van der Waals surface area contributed by atoms with Gasteiger partial charge in [-0.3, -0.25) is 9.69 Å². The maximum absolute atomic E-state index is 11.9. The topological polar surface area (TPSA) is 70.4 Å². The summed E-state index contributed by atoms with van der Waals surface area (Å²) in [5.74, 6) is 0.0594. The molecule has 4 N–H and O–H groups in total. The number of nitrogens with zero attached hydrogens (tertiary/aromatic N) is 1. The molecular formula is C14H22N4O. The minimum Gasteiger partial charge on any atom is -0.351 e. The third-order valence-electron chi connectivity index (χ3n) is 3.42. The molecule has 1 fully saturated rings. The molecule has 0 aromatic heterocycles. The molecule has 1 aromatic carbocycles. The zero-order chi connectivity index (χ0) is 13.5. The first-order valence-electron chi connectivity index (χ1n) is 6.75. The first-order valence-corrected chi connectivity index (χ1v) is 6.75. The van der Waals surface area contributed by atoms with Crippen molar-refractivity contribution in [3.05, 3.63) is 35.9 Å². The Morgan fingerprint density at radius 2 is 2.21 bits per heavy atom. The van der Waals surface area contributed by atoms with E-state index in [1.54, 1.807) is 0 Å². The Morgan fingerprint density at radius 1 is 1.42 bits per heavy atom. The summed E-state index contributed by atoms with van der Waals surface area (Å²) in [6, 6.07) is 10.2. The lowest BCUT2D eigenvalue weighted by Gasteiger charge is -2.34. The molecule has 1 unspecified atom stereocenters. The number of benzene rings is 1. The van der Waals surface area contributed by atoms with Gasteiger partial charge in [-0.25, -0.2) is 0 Å². The molecule has 19 heavy (non-hydrogen) atoms. The fraction of sp³-hybridized carbons (Fsp3) is 0.500. The van der Waals surface area contributed by atoms with Crippen LogP contribution in [0.2, 0.25) is 0 Å². The van der Waals surface area contributed by atoms with Crippen molar-refractivity contribution >= 4 is 5.91 Å². The number of hydrogen-bond donors (Lipinski definition) is 3. The van der Waals surface area contributed by atoms with Crippen LogP contribution in [0.3, 0.4) is 0 Å². The molecule has 1 heterocycles. The Labute approximate surface area is 114 Å². The molecule has 0 aliphatic carbocycles. The summed E-state index contributed by atoms with van der Waals surface area (Å²) in [5, 5.41) is 6.24. The second-order valence-corrected chi connectivity index (χ2v) is 4.83. The number of rotatable bonds is 5. The SMILES string of the molecule is NCC1CNCCN1CC(=O)NCc1ccccc1. The quantitative estimate of drug-likeness (QED) is 0.671. The van der Waals surface area contributed by atoms with Crippen molar-refractivity contribution in [2.24, 2.45) is 5.73 Å². The highest BCUT2D eigenvalue weighted by atomic mass is 16.2. The second-order valence-electron chi connectivity index (χ2n) is 4.83. The Morgan fingerprint density at radius 3 is 2.95 bits per heavy atom. The predicted molar refractivity (Wildman–Crippen MR) is 75.6 cm³/mol. The van der Waals surface area contributed by atoms with Crippen LogP contribution < -0.4 is 16.4 Å². The van der Waals surface area contributed by atoms with Crippen LogP contribution in [0.1, 0.15) is 5.56 Å². The number of carbonyl (C=O) groups excluding carboxylic acids is 1. The van der Waals surface area contributed by atoms with E-state index in [2.05, 4.69) is 15.5 Å². The van der Waals surface area contributed by atoms with Gasteiger partial charge in [-0.1, -0.05) is 30.3 Å². The van der Waals surface area contributed by atoms with Crippen LogP contribution in [0, 0.1) is 0 Å². The Balaban J connectivity index is 1.77. The summed E-state index contributed by atoms with van der Waals surface area (Å²) in [7, 11) is 0. The molecule has 104 valence electrons. The van der Waals surface area contributed by atoms with Crippen molar-refractivity contribution in [3.63, 3.8) is 0 Å². The summed E-state index contributed by atoms with van der Waals surface area (Å²) in [4.78, 5) is 14.1. The maximum atomic E-state index is 11.9. The van der Waals surface area contributed by atoms with E-state index in [1.807, 2.05) is 30.3 Å². The van der Waals surface area contributed by atoms with Crippen molar-refractivity contribution < 1.29 is 4.79 Å². The molecule has 1 aromatic rings. The van der Waals surface area contributed by atoms with Gasteiger partial charge in [-0.2, -0.15) is 0 Å². The van der Waals surface area contributed by atoms with Gasteiger partial charge in [0.2, 0.25) is 5.91 Å². The molecule has 5 nitrogen and oxygen atoms in total. The monoisotopic (exact) mass is 262 g/mol. The molecule has 0 saturated carbocycles. The van der Waals surface area contributed by atoms with E-state index in [-0.39, 0.29) is 11.9 Å². The average molecular weight is 262 g/mol. The van der Waals surface area contributed by atoms with Gasteiger partial charge in [0.15, 0.2) is 0 Å². The number of hydrogen-bond acceptors (Lipinski definition) is 4. The van der Waals surface area contributed by atoms with Crippen molar-refractivity contribution in [2.45, 2.75) is 12.6 Å². The van der Waals surface area contributed by atoms with Crippen LogP contribution in [0.4, 0.5) is 0 Å². The molecule has 5 heteroatoms. The number of carbonyl (C=O) groups is 1. The predicted octanol–water partition coefficient (Wildman–Crippen LogP) is -0.465. The second kappa shape index (κ2) is 7.23. The van der Waals surface area contributed by atoms with Gasteiger partial charge in [0.05, 0.1) is 6.54 Å². The van der Waals surface area contributed by atoms with Crippen molar-refractivity contribution in [1.29, 1.82) is 0 Å². The van der Waals surface area contributed by atoms with E-state index in [1.165, 1.54) is 0 Å². The minimum absolute atomic E-state index is 0.0594. The smallest absolute Gasteiger partial charge is 0.234 e. The summed E-state index contributed by atoms with van der Waals surface area (Å²) in [5.41, 5.74) is 6.84. The number of nitrogens with two attached hydrogens (primary N) is 1. The Hall–Kier alpha value is -1.43. The summed E-state index contributed by atoms with van der Waals surface area (Å²) >= 11 is 0. The molecule has 0 spiro atoms. The van der Waals surface area contributed by atoms with Crippen LogP contribution >= 0.6 is 0 Å². The molecule has 2 rings (SSSR count). The van der Waals surface area contributed by atoms with Crippen LogP contribution in [0.5, 0.6) is 0 Å². The lowest BCUT2D eigenvalue weighted by Crippen LogP contribution is -2.56. The number of nitrogens with one attached hydrogen (secondary N) is 2. The first-order chi connectivity index (χ1) is 9.29. The summed E-state index contributed by atoms with van der Waals surface area (Å²) < 4.78 is 0. The van der Waals surface area contributed by atoms with Gasteiger partial charge in [0.25, 0.3) is 0 Å². The van der Waals surface area contributed by atoms with E-state index >= 15 is 0 Å². The molecular weight excluding hydrogens is 240 g/mol. The Kier molecular flexibility index (Phi) is 5.32. The van der Waals surface area contributed by atoms with Gasteiger partial charge in [-0.05, 0) is 5.56 Å². The largest absolute Gasteiger partial charge is 0.351 e. The zero-order valence-electron chi connectivity index (χ0n) is 11.1. The van der Waals surface area contributed by atoms with Crippen molar-refractivity contribution in [3.8, 4) is 0 Å². The van der Waals surface area contributed by atoms with E-state index in [0.29, 0.717) is 19.6 Å². The molecule has 1 aliphatic heterocycles. The van der Waals surface area contributed by atoms with Gasteiger partial charge in [0.1, 0.15) is 0 Å². The fourth-order valence-electron chi connectivity index (χ4n) is 2.28. The van der Waals surface area contributed by atoms with Gasteiger partial charge in [0, 0.05) is 38.8 Å². The third-order valence-corrected chi connectivity index (χ3v) is 3.42. The molecule has 1 saturated heterocycles. The summed E-state index contributed by atoms with van der Waals surface area (Å²) in [6.07, 6.45) is 0. The van der Waals surface area contributed by atoms with Crippen molar-refractivity contribution in [2.75, 3.05) is 32.7 Å². The minimum atomic E-state index is 0.0594. The lowest BCUT2D eigenvalue weighted by molar-refractivity contribution is -0.123. The van der Waals surface area contributed by atoms with Crippen LogP contribution in [-0.4, -0.2) is 49.6 Å². The van der Waals surface area contributed by atoms with E-state index in [4.69, 9.17) is 5.73 Å². The molecule has 1 aliphatic rings. The molecule has 1 atom stereocenters. The lowest BCUT2D eigenvalue weighted by atomic mass is 10.2. The number of piperazine rings is 1.